The number of anilines is 1. The van der Waals surface area contributed by atoms with Crippen LogP contribution in [-0.2, 0) is 97.4 Å². The SMILES string of the molecule is COc1cc2cc(c1Cl)N(C)C(=O)CC1(OC(=O)[C@H](C)N(C)C(=O)CCSSCCC(=O)CN[C@H](Cc3ccccc3)C(=O)N[C@H]3CSSC[C@@H](C(=O)N[C@H](CO)[C@@H](C)O)NC(=O)[C@H]([C@@H](C)O)NC(=O)[C@H](CCCCCN)NC(=O)[C@@H](Cc4c[nH]c5ccccc45)NC(=O)[C@H](Cc4ccccc4)NC3=O)O[C@@H]([C@H](C)[C@@H]3C[C@@](O)(NC(=O)O3)[C@H](OC)/C=C/C=C(\C)C2)[C@@H]1C. The Morgan fingerprint density at radius 3 is 2.11 bits per heavy atom. The van der Waals surface area contributed by atoms with Gasteiger partial charge in [-0.3, -0.25) is 58.6 Å². The number of carbonyl (C=O) groups is 12. The molecule has 4 aromatic carbocycles. The summed E-state index contributed by atoms with van der Waals surface area (Å²) in [4.78, 5) is 180. The van der Waals surface area contributed by atoms with Crippen molar-refractivity contribution in [3.8, 4) is 5.75 Å². The number of carbonyl (C=O) groups excluding carboxylic acids is 12. The molecule has 3 fully saturated rings. The van der Waals surface area contributed by atoms with Crippen molar-refractivity contribution >= 4 is 142 Å². The van der Waals surface area contributed by atoms with E-state index in [1.165, 1.54) is 80.5 Å². The Hall–Kier alpha value is -9.29. The molecule has 5 aromatic rings. The van der Waals surface area contributed by atoms with Gasteiger partial charge in [0, 0.05) is 105 Å². The number of H-pyrrole nitrogens is 1. The van der Waals surface area contributed by atoms with Crippen molar-refractivity contribution in [2.75, 3.05) is 75.9 Å². The summed E-state index contributed by atoms with van der Waals surface area (Å²) < 4.78 is 29.9. The number of methoxy groups -OCH3 is 2. The molecular formula is C89H120ClN13O21S4. The van der Waals surface area contributed by atoms with E-state index in [-0.39, 0.29) is 85.3 Å². The third kappa shape index (κ3) is 28.4. The van der Waals surface area contributed by atoms with Gasteiger partial charge >= 0.3 is 12.1 Å². The molecule has 128 heavy (non-hydrogen) atoms. The number of nitrogens with two attached hydrogens (primary N) is 1. The molecule has 0 aliphatic carbocycles. The highest BCUT2D eigenvalue weighted by Gasteiger charge is 2.62. The second kappa shape index (κ2) is 49.1. The number of amides is 10. The van der Waals surface area contributed by atoms with Crippen molar-refractivity contribution in [1.82, 2.24) is 57.7 Å². The fourth-order valence-corrected chi connectivity index (χ4v) is 19.9. The fourth-order valence-electron chi connectivity index (χ4n) is 15.3. The number of nitrogens with one attached hydrogen (secondary N) is 10. The van der Waals surface area contributed by atoms with Crippen molar-refractivity contribution in [3.05, 3.63) is 154 Å². The van der Waals surface area contributed by atoms with E-state index in [2.05, 4.69) is 52.8 Å². The van der Waals surface area contributed by atoms with Crippen LogP contribution in [0.3, 0.4) is 0 Å². The zero-order valence-electron chi connectivity index (χ0n) is 73.4. The van der Waals surface area contributed by atoms with Gasteiger partial charge < -0.3 is 102 Å². The Labute approximate surface area is 765 Å². The number of aromatic amines is 1. The van der Waals surface area contributed by atoms with Crippen molar-refractivity contribution in [3.63, 3.8) is 0 Å². The maximum absolute atomic E-state index is 15.3. The van der Waals surface area contributed by atoms with Gasteiger partial charge in [0.1, 0.15) is 71.1 Å². The Morgan fingerprint density at radius 2 is 1.45 bits per heavy atom. The van der Waals surface area contributed by atoms with Crippen LogP contribution in [-0.4, -0.2) is 269 Å². The number of rotatable bonds is 33. The van der Waals surface area contributed by atoms with E-state index in [9.17, 15) is 58.8 Å². The van der Waals surface area contributed by atoms with Crippen molar-refractivity contribution < 1.29 is 102 Å². The monoisotopic (exact) mass is 1870 g/mol. The molecule has 6 bridgehead atoms. The minimum Gasteiger partial charge on any atom is -0.495 e. The molecular weight excluding hydrogens is 1750 g/mol. The summed E-state index contributed by atoms with van der Waals surface area (Å²) in [6, 6.07) is 15.6. The maximum Gasteiger partial charge on any atom is 0.409 e. The highest BCUT2D eigenvalue weighted by atomic mass is 35.5. The largest absolute Gasteiger partial charge is 0.495 e. The summed E-state index contributed by atoms with van der Waals surface area (Å²) in [6.07, 6.45) is 1.07. The number of aliphatic hydroxyl groups excluding tert-OH is 3. The number of esters is 1. The second-order valence-electron chi connectivity index (χ2n) is 32.7. The smallest absolute Gasteiger partial charge is 0.409 e. The molecule has 39 heteroatoms. The quantitative estimate of drug-likeness (QED) is 0.0154. The van der Waals surface area contributed by atoms with E-state index < -0.39 is 186 Å². The minimum atomic E-state index is -1.93. The number of nitrogens with zero attached hydrogens (tertiary/aromatic N) is 2. The average molecular weight is 1870 g/mol. The number of ketones is 1. The molecule has 3 saturated heterocycles. The first-order chi connectivity index (χ1) is 61.1. The third-order valence-electron chi connectivity index (χ3n) is 23.2. The molecule has 34 nitrogen and oxygen atoms in total. The molecule has 0 saturated carbocycles. The number of unbranched alkanes of at least 4 members (excludes halogenated alkanes) is 2. The van der Waals surface area contributed by atoms with E-state index in [1.54, 1.807) is 111 Å². The lowest BCUT2D eigenvalue weighted by Crippen LogP contribution is -2.68. The lowest BCUT2D eigenvalue weighted by molar-refractivity contribution is -0.377. The minimum absolute atomic E-state index is 0.000599. The number of alkyl carbamates (subject to hydrolysis) is 1. The van der Waals surface area contributed by atoms with Gasteiger partial charge in [0.15, 0.2) is 5.72 Å². The summed E-state index contributed by atoms with van der Waals surface area (Å²) >= 11 is 6.90. The van der Waals surface area contributed by atoms with Crippen LogP contribution < -0.4 is 63.2 Å². The number of hydrogen-bond acceptors (Lipinski definition) is 27. The number of hydrogen-bond donors (Lipinski definition) is 15. The molecule has 18 atom stereocenters. The Morgan fingerprint density at radius 1 is 0.797 bits per heavy atom. The lowest BCUT2D eigenvalue weighted by atomic mass is 9.75. The topological polar surface area (TPSA) is 488 Å². The van der Waals surface area contributed by atoms with E-state index in [4.69, 9.17) is 41.0 Å². The Kier molecular flexibility index (Phi) is 39.3. The lowest BCUT2D eigenvalue weighted by Gasteiger charge is -2.55. The molecule has 10 rings (SSSR count). The molecule has 0 spiro atoms. The fraction of sp³-hybridized carbons (Fsp3) is 0.528. The Balaban J connectivity index is 0.888. The zero-order valence-corrected chi connectivity index (χ0v) is 77.5. The predicted molar refractivity (Wildman–Crippen MR) is 490 cm³/mol. The summed E-state index contributed by atoms with van der Waals surface area (Å²) in [5.41, 5.74) is 8.36. The molecule has 1 unspecified atom stereocenters. The number of fused-ring (bicyclic) bond motifs is 6. The van der Waals surface area contributed by atoms with Crippen LogP contribution in [0.25, 0.3) is 10.9 Å². The van der Waals surface area contributed by atoms with Crippen LogP contribution in [0.4, 0.5) is 10.5 Å². The summed E-state index contributed by atoms with van der Waals surface area (Å²) in [5, 5.41) is 69.4. The van der Waals surface area contributed by atoms with Gasteiger partial charge in [-0.05, 0) is 100 Å². The average Bonchev–Trinajstić information content (AvgIpc) is 0.753. The van der Waals surface area contributed by atoms with E-state index >= 15 is 19.2 Å². The number of allylic oxidation sites excluding steroid dienone is 3. The van der Waals surface area contributed by atoms with Crippen molar-refractivity contribution in [2.45, 2.75) is 215 Å². The van der Waals surface area contributed by atoms with Crippen LogP contribution in [0.5, 0.6) is 5.75 Å². The van der Waals surface area contributed by atoms with Crippen LogP contribution in [0, 0.1) is 11.8 Å². The molecule has 1 aromatic heterocycles. The zero-order chi connectivity index (χ0) is 93.1. The number of likely N-dealkylation sites (N-methyl/N-ethyl adjacent to an activating group) is 1. The number of aliphatic hydroxyl groups is 4. The Bertz CT molecular complexity index is 4730. The number of halogens is 1. The number of ether oxygens (including phenoxy) is 5. The van der Waals surface area contributed by atoms with Gasteiger partial charge in [-0.15, -0.1) is 0 Å². The number of Topliss-reactive ketones (excluding diaryl/α,β-unsaturated/α-hetero) is 1. The van der Waals surface area contributed by atoms with Gasteiger partial charge in [-0.25, -0.2) is 9.59 Å². The summed E-state index contributed by atoms with van der Waals surface area (Å²) in [7, 11) is 10.4. The van der Waals surface area contributed by atoms with Crippen LogP contribution >= 0.6 is 54.8 Å². The van der Waals surface area contributed by atoms with Crippen LogP contribution in [0.2, 0.25) is 5.02 Å². The first-order valence-electron chi connectivity index (χ1n) is 42.6. The standard InChI is InChI=1S/C89H120ClN13O21S4/c1-50-23-22-31-73(121-10)88(119)43-72(122-87(118)101-88)51(2)78-52(3)89(123-78,44-75(109)103(8)70-40-58(37-50)41-71(120-9)76(70)90)124-86(117)53(4)102(7)74(108)33-36-126-125-35-32-60(107)46-93-64(38-56-24-14-11-15-25-56)80(111)98-68-48-127-128-49-69(84(115)97-67(47-104)54(5)105)99-85(116)77(55(6)106)100-79(110)63(30-18-13-21-34-91)94-82(113)66(42-59-45-92-62-29-20-19-28-61(59)62)96-81(112)65(95-83(68)114)39-57-26-16-12-17-27-57/h11-12,14-17,19-20,22-29,31,40-41,45,51-55,63-69,72-73,77-78,92-93,104-106,119H,13,18,21,30,32-39,42-44,46-49,91H2,1-10H3,(H,94,113)(H,95,114)(H,96,112)(H,97,115)(H,98,111)(H,99,116)(H,100,110)(H,101,118)/b31-22+,50-23+/t51-,52+,53+,54-,55-,63+,64-,65+,66-,67-,68+,69+,72+,73-,77+,78+,88+,89?/m1/s1. The number of aromatic nitrogens is 1. The van der Waals surface area contributed by atoms with Crippen molar-refractivity contribution in [1.29, 1.82) is 0 Å². The van der Waals surface area contributed by atoms with Gasteiger partial charge in [0.25, 0.3) is 0 Å². The van der Waals surface area contributed by atoms with Gasteiger partial charge in [-0.1, -0.05) is 184 Å². The highest BCUT2D eigenvalue weighted by Crippen LogP contribution is 2.49. The normalized spacial score (nSPS) is 26.1. The summed E-state index contributed by atoms with van der Waals surface area (Å²) in [6.45, 7) is 8.69. The van der Waals surface area contributed by atoms with Crippen molar-refractivity contribution in [2.24, 2.45) is 17.6 Å². The molecule has 5 aliphatic heterocycles. The molecule has 0 radical (unpaired) electrons. The maximum atomic E-state index is 15.3. The van der Waals surface area contributed by atoms with Gasteiger partial charge in [0.05, 0.1) is 62.8 Å². The molecule has 10 amide bonds. The molecule has 6 heterocycles. The first-order valence-corrected chi connectivity index (χ1v) is 48.0. The molecule has 698 valence electrons. The second-order valence-corrected chi connectivity index (χ2v) is 38.3. The number of benzene rings is 4. The van der Waals surface area contributed by atoms with Gasteiger partial charge in [-0.2, -0.15) is 0 Å². The highest BCUT2D eigenvalue weighted by molar-refractivity contribution is 8.77. The van der Waals surface area contributed by atoms with E-state index in [0.717, 1.165) is 38.2 Å². The van der Waals surface area contributed by atoms with Crippen LogP contribution in [0.15, 0.2) is 127 Å². The van der Waals surface area contributed by atoms with Gasteiger partial charge in [0.2, 0.25) is 59.0 Å². The first kappa shape index (κ1) is 102. The summed E-state index contributed by atoms with van der Waals surface area (Å²) in [5.74, 6) is -11.4. The number of para-hydroxylation sites is 1. The third-order valence-corrected chi connectivity index (χ3v) is 28.4. The van der Waals surface area contributed by atoms with E-state index in [0.29, 0.717) is 65.7 Å². The molecule has 16 N–H and O–H groups in total. The molecule has 5 aliphatic rings. The van der Waals surface area contributed by atoms with Crippen LogP contribution in [0.1, 0.15) is 115 Å². The predicted octanol–water partition coefficient (Wildman–Crippen LogP) is 4.68. The van der Waals surface area contributed by atoms with E-state index in [1.807, 2.05) is 31.2 Å².